The van der Waals surface area contributed by atoms with E-state index in [4.69, 9.17) is 4.52 Å². The van der Waals surface area contributed by atoms with Crippen molar-refractivity contribution in [2.75, 3.05) is 0 Å². The molecule has 0 aliphatic heterocycles. The molecule has 0 N–H and O–H groups in total. The zero-order chi connectivity index (χ0) is 10.8. The summed E-state index contributed by atoms with van der Waals surface area (Å²) in [7, 11) is 0. The van der Waals surface area contributed by atoms with E-state index >= 15 is 0 Å². The zero-order valence-electron chi connectivity index (χ0n) is 8.29. The van der Waals surface area contributed by atoms with Crippen molar-refractivity contribution in [1.29, 1.82) is 0 Å². The normalized spacial score (nSPS) is 10.8. The van der Waals surface area contributed by atoms with Gasteiger partial charge in [-0.05, 0) is 33.8 Å². The highest BCUT2D eigenvalue weighted by Gasteiger charge is 2.09. The fourth-order valence-electron chi connectivity index (χ4n) is 1.40. The molecule has 0 unspecified atom stereocenters. The third kappa shape index (κ3) is 1.91. The maximum Gasteiger partial charge on any atom is 0.267 e. The van der Waals surface area contributed by atoms with Crippen LogP contribution in [0.5, 0.6) is 0 Å². The molecule has 0 amide bonds. The number of aromatic nitrogens is 2. The summed E-state index contributed by atoms with van der Waals surface area (Å²) in [5.74, 6) is 1.35. The Morgan fingerprint density at radius 3 is 3.00 bits per heavy atom. The van der Waals surface area contributed by atoms with E-state index in [9.17, 15) is 0 Å². The van der Waals surface area contributed by atoms with Gasteiger partial charge in [0.05, 0.1) is 4.88 Å². The SMILES string of the molecule is c1csc(-c2nc(Cc3ccsc3)no2)c1. The molecule has 16 heavy (non-hydrogen) atoms. The van der Waals surface area contributed by atoms with Crippen LogP contribution in [0, 0.1) is 0 Å². The Morgan fingerprint density at radius 2 is 2.25 bits per heavy atom. The number of hydrogen-bond donors (Lipinski definition) is 0. The highest BCUT2D eigenvalue weighted by molar-refractivity contribution is 7.13. The first-order valence-electron chi connectivity index (χ1n) is 4.79. The van der Waals surface area contributed by atoms with E-state index in [1.807, 2.05) is 17.5 Å². The first-order valence-corrected chi connectivity index (χ1v) is 6.61. The Hall–Kier alpha value is -1.46. The van der Waals surface area contributed by atoms with Crippen molar-refractivity contribution in [3.8, 4) is 10.8 Å². The van der Waals surface area contributed by atoms with Gasteiger partial charge in [0.1, 0.15) is 0 Å². The molecule has 0 radical (unpaired) electrons. The Bertz CT molecular complexity index is 555. The molecule has 0 saturated carbocycles. The highest BCUT2D eigenvalue weighted by atomic mass is 32.1. The Morgan fingerprint density at radius 1 is 1.25 bits per heavy atom. The second kappa shape index (κ2) is 4.19. The molecule has 0 aliphatic rings. The minimum atomic E-state index is 0.611. The van der Waals surface area contributed by atoms with Crippen molar-refractivity contribution in [2.45, 2.75) is 6.42 Å². The Labute approximate surface area is 100 Å². The van der Waals surface area contributed by atoms with Crippen molar-refractivity contribution in [2.24, 2.45) is 0 Å². The lowest BCUT2D eigenvalue weighted by Crippen LogP contribution is -1.87. The van der Waals surface area contributed by atoms with Gasteiger partial charge in [-0.15, -0.1) is 11.3 Å². The summed E-state index contributed by atoms with van der Waals surface area (Å²) in [5, 5.41) is 10.1. The van der Waals surface area contributed by atoms with Crippen molar-refractivity contribution in [3.05, 3.63) is 45.7 Å². The predicted molar refractivity (Wildman–Crippen MR) is 64.7 cm³/mol. The van der Waals surface area contributed by atoms with Gasteiger partial charge in [0, 0.05) is 6.42 Å². The van der Waals surface area contributed by atoms with Crippen molar-refractivity contribution >= 4 is 22.7 Å². The van der Waals surface area contributed by atoms with E-state index in [1.165, 1.54) is 5.56 Å². The summed E-state index contributed by atoms with van der Waals surface area (Å²) in [6, 6.07) is 6.03. The predicted octanol–water partition coefficient (Wildman–Crippen LogP) is 3.45. The molecule has 5 heteroatoms. The van der Waals surface area contributed by atoms with Crippen LogP contribution in [-0.4, -0.2) is 10.1 Å². The van der Waals surface area contributed by atoms with Gasteiger partial charge in [-0.2, -0.15) is 16.3 Å². The summed E-state index contributed by atoms with van der Waals surface area (Å²) in [5.41, 5.74) is 1.23. The molecule has 0 bridgehead atoms. The summed E-state index contributed by atoms with van der Waals surface area (Å²) >= 11 is 3.28. The van der Waals surface area contributed by atoms with Gasteiger partial charge < -0.3 is 4.52 Å². The van der Waals surface area contributed by atoms with Crippen LogP contribution < -0.4 is 0 Å². The van der Waals surface area contributed by atoms with Crippen LogP contribution in [0.3, 0.4) is 0 Å². The van der Waals surface area contributed by atoms with Gasteiger partial charge in [0.25, 0.3) is 5.89 Å². The number of hydrogen-bond acceptors (Lipinski definition) is 5. The van der Waals surface area contributed by atoms with Crippen LogP contribution in [-0.2, 0) is 6.42 Å². The minimum Gasteiger partial charge on any atom is -0.333 e. The van der Waals surface area contributed by atoms with Crippen molar-refractivity contribution < 1.29 is 4.52 Å². The maximum absolute atomic E-state index is 5.21. The lowest BCUT2D eigenvalue weighted by Gasteiger charge is -1.87. The second-order valence-corrected chi connectivity index (χ2v) is 5.03. The van der Waals surface area contributed by atoms with Crippen LogP contribution in [0.2, 0.25) is 0 Å². The summed E-state index contributed by atoms with van der Waals surface area (Å²) in [6.45, 7) is 0. The van der Waals surface area contributed by atoms with Crippen LogP contribution in [0.15, 0.2) is 38.9 Å². The molecule has 0 fully saturated rings. The summed E-state index contributed by atoms with van der Waals surface area (Å²) < 4.78 is 5.21. The van der Waals surface area contributed by atoms with E-state index in [0.717, 1.165) is 17.1 Å². The molecular formula is C11H8N2OS2. The Kier molecular flexibility index (Phi) is 2.55. The summed E-state index contributed by atoms with van der Waals surface area (Å²) in [4.78, 5) is 5.38. The molecule has 0 atom stereocenters. The van der Waals surface area contributed by atoms with Crippen LogP contribution in [0.4, 0.5) is 0 Å². The second-order valence-electron chi connectivity index (χ2n) is 3.30. The molecule has 3 rings (SSSR count). The lowest BCUT2D eigenvalue weighted by molar-refractivity contribution is 0.425. The summed E-state index contributed by atoms with van der Waals surface area (Å²) in [6.07, 6.45) is 0.734. The lowest BCUT2D eigenvalue weighted by atomic mass is 10.2. The molecular weight excluding hydrogens is 240 g/mol. The fourth-order valence-corrected chi connectivity index (χ4v) is 2.72. The minimum absolute atomic E-state index is 0.611. The molecule has 3 aromatic rings. The maximum atomic E-state index is 5.21. The number of rotatable bonds is 3. The number of thiophene rings is 2. The molecule has 0 aliphatic carbocycles. The highest BCUT2D eigenvalue weighted by Crippen LogP contribution is 2.23. The first-order chi connectivity index (χ1) is 7.92. The van der Waals surface area contributed by atoms with Gasteiger partial charge in [0.15, 0.2) is 5.82 Å². The van der Waals surface area contributed by atoms with E-state index in [1.54, 1.807) is 22.7 Å². The van der Waals surface area contributed by atoms with Gasteiger partial charge in [-0.3, -0.25) is 0 Å². The standard InChI is InChI=1S/C11H8N2OS2/c1-2-9(16-4-1)11-12-10(13-14-11)6-8-3-5-15-7-8/h1-5,7H,6H2. The molecule has 3 heterocycles. The molecule has 3 aromatic heterocycles. The third-order valence-corrected chi connectivity index (χ3v) is 3.73. The van der Waals surface area contributed by atoms with E-state index in [0.29, 0.717) is 5.89 Å². The smallest absolute Gasteiger partial charge is 0.267 e. The average Bonchev–Trinajstić information content (AvgIpc) is 2.99. The number of nitrogens with zero attached hydrogens (tertiary/aromatic N) is 2. The van der Waals surface area contributed by atoms with E-state index in [-0.39, 0.29) is 0 Å². The van der Waals surface area contributed by atoms with Crippen molar-refractivity contribution in [3.63, 3.8) is 0 Å². The monoisotopic (exact) mass is 248 g/mol. The van der Waals surface area contributed by atoms with Crippen molar-refractivity contribution in [1.82, 2.24) is 10.1 Å². The van der Waals surface area contributed by atoms with E-state index < -0.39 is 0 Å². The average molecular weight is 248 g/mol. The fraction of sp³-hybridized carbons (Fsp3) is 0.0909. The largest absolute Gasteiger partial charge is 0.333 e. The van der Waals surface area contributed by atoms with Crippen LogP contribution in [0.25, 0.3) is 10.8 Å². The molecule has 80 valence electrons. The molecule has 3 nitrogen and oxygen atoms in total. The van der Waals surface area contributed by atoms with E-state index in [2.05, 4.69) is 27.0 Å². The topological polar surface area (TPSA) is 38.9 Å². The Balaban J connectivity index is 1.83. The quantitative estimate of drug-likeness (QED) is 0.712. The van der Waals surface area contributed by atoms with Gasteiger partial charge in [0.2, 0.25) is 0 Å². The zero-order valence-corrected chi connectivity index (χ0v) is 9.92. The van der Waals surface area contributed by atoms with Crippen LogP contribution >= 0.6 is 22.7 Å². The molecule has 0 aromatic carbocycles. The molecule has 0 saturated heterocycles. The molecule has 0 spiro atoms. The van der Waals surface area contributed by atoms with Gasteiger partial charge in [-0.1, -0.05) is 11.2 Å². The third-order valence-electron chi connectivity index (χ3n) is 2.14. The van der Waals surface area contributed by atoms with Gasteiger partial charge >= 0.3 is 0 Å². The van der Waals surface area contributed by atoms with Crippen LogP contribution in [0.1, 0.15) is 11.4 Å². The van der Waals surface area contributed by atoms with Gasteiger partial charge in [-0.25, -0.2) is 0 Å². The first kappa shape index (κ1) is 9.74.